The Morgan fingerprint density at radius 3 is 2.52 bits per heavy atom. The van der Waals surface area contributed by atoms with Crippen molar-refractivity contribution in [3.05, 3.63) is 40.8 Å². The number of likely N-dealkylation sites (tertiary alicyclic amines) is 1. The summed E-state index contributed by atoms with van der Waals surface area (Å²) >= 11 is 0. The minimum atomic E-state index is -1.60. The number of benzene rings is 1. The van der Waals surface area contributed by atoms with E-state index in [-0.39, 0.29) is 36.0 Å². The maximum absolute atomic E-state index is 13.5. The standard InChI is InChI=1S/C22H25F3N6O2/c1-10(2)18-20(32)28-17-11(3)26-22(29-19(17)30(18)4)27-13-5-6-31(9-13)21(33)12-7-14(23)16(25)15(24)8-12/h7-8,10,13,18H,5-6,9H2,1-4H3,(H,28,32)(H,26,27,29)/t13-,18?/m0/s1. The third-order valence-corrected chi connectivity index (χ3v) is 6.01. The van der Waals surface area contributed by atoms with Gasteiger partial charge in [-0.1, -0.05) is 13.8 Å². The molecule has 1 saturated heterocycles. The summed E-state index contributed by atoms with van der Waals surface area (Å²) in [6.45, 7) is 6.31. The Bertz CT molecular complexity index is 1100. The maximum Gasteiger partial charge on any atom is 0.254 e. The first-order valence-corrected chi connectivity index (χ1v) is 10.7. The van der Waals surface area contributed by atoms with Gasteiger partial charge in [0.05, 0.1) is 5.69 Å². The van der Waals surface area contributed by atoms with Crippen molar-refractivity contribution in [2.24, 2.45) is 5.92 Å². The van der Waals surface area contributed by atoms with E-state index in [0.29, 0.717) is 48.2 Å². The lowest BCUT2D eigenvalue weighted by molar-refractivity contribution is -0.118. The fraction of sp³-hybridized carbons (Fsp3) is 0.455. The number of halogens is 3. The van der Waals surface area contributed by atoms with Gasteiger partial charge in [0, 0.05) is 31.7 Å². The number of nitrogens with one attached hydrogen (secondary N) is 2. The topological polar surface area (TPSA) is 90.5 Å². The number of hydrogen-bond donors (Lipinski definition) is 2. The molecule has 2 N–H and O–H groups in total. The van der Waals surface area contributed by atoms with Gasteiger partial charge in [-0.15, -0.1) is 0 Å². The number of carbonyl (C=O) groups is 2. The molecule has 2 amide bonds. The molecule has 11 heteroatoms. The van der Waals surface area contributed by atoms with Gasteiger partial charge in [0.15, 0.2) is 23.3 Å². The molecule has 4 rings (SSSR count). The Hall–Kier alpha value is -3.37. The average molecular weight is 462 g/mol. The Kier molecular flexibility index (Phi) is 5.89. The smallest absolute Gasteiger partial charge is 0.254 e. The van der Waals surface area contributed by atoms with E-state index < -0.39 is 23.4 Å². The van der Waals surface area contributed by atoms with Crippen molar-refractivity contribution in [1.29, 1.82) is 0 Å². The molecule has 8 nitrogen and oxygen atoms in total. The Balaban J connectivity index is 1.49. The minimum Gasteiger partial charge on any atom is -0.350 e. The lowest BCUT2D eigenvalue weighted by Crippen LogP contribution is -2.49. The van der Waals surface area contributed by atoms with Crippen LogP contribution in [0.25, 0.3) is 0 Å². The molecule has 2 aromatic rings. The minimum absolute atomic E-state index is 0.0744. The number of fused-ring (bicyclic) bond motifs is 1. The number of aryl methyl sites for hydroxylation is 1. The zero-order valence-corrected chi connectivity index (χ0v) is 18.7. The summed E-state index contributed by atoms with van der Waals surface area (Å²) < 4.78 is 40.2. The van der Waals surface area contributed by atoms with Gasteiger partial charge in [0.1, 0.15) is 11.7 Å². The van der Waals surface area contributed by atoms with E-state index >= 15 is 0 Å². The van der Waals surface area contributed by atoms with Crippen LogP contribution in [0.4, 0.5) is 30.6 Å². The van der Waals surface area contributed by atoms with Crippen LogP contribution in [-0.2, 0) is 4.79 Å². The van der Waals surface area contributed by atoms with Gasteiger partial charge in [-0.05, 0) is 31.4 Å². The van der Waals surface area contributed by atoms with Gasteiger partial charge in [0.2, 0.25) is 11.9 Å². The van der Waals surface area contributed by atoms with E-state index in [1.807, 2.05) is 25.8 Å². The van der Waals surface area contributed by atoms with Crippen LogP contribution in [0.3, 0.4) is 0 Å². The zero-order chi connectivity index (χ0) is 24.0. The highest BCUT2D eigenvalue weighted by atomic mass is 19.2. The molecule has 176 valence electrons. The van der Waals surface area contributed by atoms with Crippen LogP contribution < -0.4 is 15.5 Å². The van der Waals surface area contributed by atoms with Crippen LogP contribution in [0.5, 0.6) is 0 Å². The largest absolute Gasteiger partial charge is 0.350 e. The molecule has 0 bridgehead atoms. The highest BCUT2D eigenvalue weighted by Gasteiger charge is 2.36. The highest BCUT2D eigenvalue weighted by molar-refractivity contribution is 6.03. The molecule has 0 spiro atoms. The molecule has 1 unspecified atom stereocenters. The summed E-state index contributed by atoms with van der Waals surface area (Å²) in [5, 5.41) is 6.10. The molecule has 0 saturated carbocycles. The third-order valence-electron chi connectivity index (χ3n) is 6.01. The fourth-order valence-electron chi connectivity index (χ4n) is 4.39. The third kappa shape index (κ3) is 4.19. The molecule has 3 heterocycles. The van der Waals surface area contributed by atoms with Crippen molar-refractivity contribution in [2.45, 2.75) is 39.3 Å². The highest BCUT2D eigenvalue weighted by Crippen LogP contribution is 2.34. The van der Waals surface area contributed by atoms with Crippen molar-refractivity contribution >= 4 is 29.3 Å². The van der Waals surface area contributed by atoms with Gasteiger partial charge < -0.3 is 20.4 Å². The second-order valence-electron chi connectivity index (χ2n) is 8.76. The second-order valence-corrected chi connectivity index (χ2v) is 8.76. The van der Waals surface area contributed by atoms with Crippen molar-refractivity contribution in [3.8, 4) is 0 Å². The molecule has 1 aromatic carbocycles. The molecule has 1 fully saturated rings. The number of rotatable bonds is 4. The van der Waals surface area contributed by atoms with E-state index in [1.54, 1.807) is 6.92 Å². The van der Waals surface area contributed by atoms with Crippen molar-refractivity contribution in [1.82, 2.24) is 14.9 Å². The number of hydrogen-bond acceptors (Lipinski definition) is 6. The SMILES string of the molecule is Cc1nc(N[C@H]2CCN(C(=O)c3cc(F)c(F)c(F)c3)C2)nc2c1NC(=O)C(C(C)C)N2C. The van der Waals surface area contributed by atoms with Gasteiger partial charge in [-0.3, -0.25) is 9.59 Å². The molecule has 1 aromatic heterocycles. The van der Waals surface area contributed by atoms with Crippen LogP contribution in [-0.4, -0.2) is 58.9 Å². The monoisotopic (exact) mass is 462 g/mol. The van der Waals surface area contributed by atoms with E-state index in [4.69, 9.17) is 0 Å². The molecule has 0 aliphatic carbocycles. The molecule has 2 aliphatic rings. The zero-order valence-electron chi connectivity index (χ0n) is 18.7. The number of carbonyl (C=O) groups excluding carboxylic acids is 2. The number of amides is 2. The van der Waals surface area contributed by atoms with Crippen molar-refractivity contribution < 1.29 is 22.8 Å². The fourth-order valence-corrected chi connectivity index (χ4v) is 4.39. The molecular formula is C22H25F3N6O2. The van der Waals surface area contributed by atoms with Crippen LogP contribution >= 0.6 is 0 Å². The molecule has 2 atom stereocenters. The predicted molar refractivity (Wildman–Crippen MR) is 117 cm³/mol. The summed E-state index contributed by atoms with van der Waals surface area (Å²) in [5.74, 6) is -4.06. The average Bonchev–Trinajstić information content (AvgIpc) is 3.20. The Morgan fingerprint density at radius 1 is 1.21 bits per heavy atom. The molecule has 33 heavy (non-hydrogen) atoms. The number of aromatic nitrogens is 2. The summed E-state index contributed by atoms with van der Waals surface area (Å²) in [7, 11) is 1.81. The summed E-state index contributed by atoms with van der Waals surface area (Å²) in [6.07, 6.45) is 0.568. The first kappa shape index (κ1) is 22.8. The van der Waals surface area contributed by atoms with Crippen LogP contribution in [0.1, 0.15) is 36.3 Å². The summed E-state index contributed by atoms with van der Waals surface area (Å²) in [6, 6.07) is 0.848. The van der Waals surface area contributed by atoms with Gasteiger partial charge >= 0.3 is 0 Å². The van der Waals surface area contributed by atoms with Crippen molar-refractivity contribution in [3.63, 3.8) is 0 Å². The van der Waals surface area contributed by atoms with Crippen molar-refractivity contribution in [2.75, 3.05) is 35.7 Å². The number of anilines is 3. The van der Waals surface area contributed by atoms with Crippen LogP contribution in [0.15, 0.2) is 12.1 Å². The predicted octanol–water partition coefficient (Wildman–Crippen LogP) is 2.94. The Labute approximate surface area is 189 Å². The van der Waals surface area contributed by atoms with E-state index in [0.717, 1.165) is 0 Å². The molecule has 2 aliphatic heterocycles. The van der Waals surface area contributed by atoms with Gasteiger partial charge in [-0.25, -0.2) is 18.2 Å². The second kappa shape index (κ2) is 8.53. The van der Waals surface area contributed by atoms with Gasteiger partial charge in [-0.2, -0.15) is 4.98 Å². The Morgan fingerprint density at radius 2 is 1.88 bits per heavy atom. The van der Waals surface area contributed by atoms with E-state index in [9.17, 15) is 22.8 Å². The van der Waals surface area contributed by atoms with Crippen LogP contribution in [0, 0.1) is 30.3 Å². The quantitative estimate of drug-likeness (QED) is 0.679. The van der Waals surface area contributed by atoms with Gasteiger partial charge in [0.25, 0.3) is 5.91 Å². The van der Waals surface area contributed by atoms with Crippen LogP contribution in [0.2, 0.25) is 0 Å². The molecular weight excluding hydrogens is 437 g/mol. The summed E-state index contributed by atoms with van der Waals surface area (Å²) in [4.78, 5) is 37.4. The number of likely N-dealkylation sites (N-methyl/N-ethyl adjacent to an activating group) is 1. The first-order chi connectivity index (χ1) is 15.6. The number of nitrogens with zero attached hydrogens (tertiary/aromatic N) is 4. The molecule has 0 radical (unpaired) electrons. The maximum atomic E-state index is 13.5. The lowest BCUT2D eigenvalue weighted by atomic mass is 9.99. The summed E-state index contributed by atoms with van der Waals surface area (Å²) in [5.41, 5.74) is 0.923. The van der Waals surface area contributed by atoms with E-state index in [1.165, 1.54) is 4.90 Å². The normalized spacial score (nSPS) is 20.2. The van der Waals surface area contributed by atoms with E-state index in [2.05, 4.69) is 20.6 Å². The lowest BCUT2D eigenvalue weighted by Gasteiger charge is -2.37. The first-order valence-electron chi connectivity index (χ1n) is 10.7.